The SMILES string of the molecule is CC(Cc1ccc(Br)cc1)NC(=O)CCn1cnc2sccc2c1=O. The number of aryl methyl sites for hydroxylation is 1. The van der Waals surface area contributed by atoms with Crippen LogP contribution in [-0.2, 0) is 17.8 Å². The fourth-order valence-electron chi connectivity index (χ4n) is 2.65. The van der Waals surface area contributed by atoms with E-state index in [-0.39, 0.29) is 23.9 Å². The van der Waals surface area contributed by atoms with Crippen LogP contribution in [-0.4, -0.2) is 21.5 Å². The Morgan fingerprint density at radius 2 is 2.08 bits per heavy atom. The van der Waals surface area contributed by atoms with E-state index >= 15 is 0 Å². The molecule has 2 aromatic heterocycles. The standard InChI is InChI=1S/C18H18BrN3O2S/c1-12(10-13-2-4-14(19)5-3-13)21-16(23)6-8-22-11-20-17-15(18(22)24)7-9-25-17/h2-5,7,9,11-12H,6,8,10H2,1H3,(H,21,23). The molecule has 130 valence electrons. The van der Waals surface area contributed by atoms with Crippen molar-refractivity contribution < 1.29 is 4.79 Å². The van der Waals surface area contributed by atoms with Crippen molar-refractivity contribution in [2.45, 2.75) is 32.4 Å². The number of hydrogen-bond donors (Lipinski definition) is 1. The molecular weight excluding hydrogens is 402 g/mol. The molecule has 1 atom stereocenters. The maximum atomic E-state index is 12.3. The number of nitrogens with zero attached hydrogens (tertiary/aromatic N) is 2. The molecule has 0 saturated heterocycles. The number of benzene rings is 1. The summed E-state index contributed by atoms with van der Waals surface area (Å²) in [5.74, 6) is -0.0677. The molecule has 25 heavy (non-hydrogen) atoms. The average molecular weight is 420 g/mol. The smallest absolute Gasteiger partial charge is 0.262 e. The van der Waals surface area contributed by atoms with Gasteiger partial charge in [-0.3, -0.25) is 14.2 Å². The third kappa shape index (κ3) is 4.55. The number of hydrogen-bond acceptors (Lipinski definition) is 4. The number of thiophene rings is 1. The van der Waals surface area contributed by atoms with Gasteiger partial charge < -0.3 is 5.32 Å². The Bertz CT molecular complexity index is 933. The van der Waals surface area contributed by atoms with Crippen LogP contribution in [0.25, 0.3) is 10.2 Å². The van der Waals surface area contributed by atoms with Crippen molar-refractivity contribution in [2.75, 3.05) is 0 Å². The summed E-state index contributed by atoms with van der Waals surface area (Å²) in [6.07, 6.45) is 2.53. The molecule has 1 N–H and O–H groups in total. The van der Waals surface area contributed by atoms with Crippen LogP contribution >= 0.6 is 27.3 Å². The van der Waals surface area contributed by atoms with Crippen molar-refractivity contribution in [3.8, 4) is 0 Å². The highest BCUT2D eigenvalue weighted by molar-refractivity contribution is 9.10. The zero-order valence-electron chi connectivity index (χ0n) is 13.7. The largest absolute Gasteiger partial charge is 0.353 e. The predicted octanol–water partition coefficient (Wildman–Crippen LogP) is 3.36. The van der Waals surface area contributed by atoms with Gasteiger partial charge in [0.25, 0.3) is 5.56 Å². The van der Waals surface area contributed by atoms with E-state index in [2.05, 4.69) is 26.2 Å². The van der Waals surface area contributed by atoms with Gasteiger partial charge in [-0.25, -0.2) is 4.98 Å². The van der Waals surface area contributed by atoms with Crippen LogP contribution in [0, 0.1) is 0 Å². The predicted molar refractivity (Wildman–Crippen MR) is 104 cm³/mol. The molecule has 7 heteroatoms. The zero-order chi connectivity index (χ0) is 17.8. The number of carbonyl (C=O) groups is 1. The highest BCUT2D eigenvalue weighted by atomic mass is 79.9. The first-order chi connectivity index (χ1) is 12.0. The molecule has 1 unspecified atom stereocenters. The van der Waals surface area contributed by atoms with Crippen LogP contribution in [0.4, 0.5) is 0 Å². The minimum Gasteiger partial charge on any atom is -0.353 e. The van der Waals surface area contributed by atoms with Gasteiger partial charge in [0.15, 0.2) is 0 Å². The lowest BCUT2D eigenvalue weighted by Crippen LogP contribution is -2.35. The number of nitrogens with one attached hydrogen (secondary N) is 1. The number of fused-ring (bicyclic) bond motifs is 1. The van der Waals surface area contributed by atoms with Gasteiger partial charge in [-0.1, -0.05) is 28.1 Å². The molecule has 0 radical (unpaired) electrons. The molecule has 3 aromatic rings. The fraction of sp³-hybridized carbons (Fsp3) is 0.278. The molecule has 1 aromatic carbocycles. The molecule has 0 saturated carbocycles. The maximum absolute atomic E-state index is 12.3. The number of amides is 1. The first-order valence-electron chi connectivity index (χ1n) is 7.99. The number of carbonyl (C=O) groups excluding carboxylic acids is 1. The topological polar surface area (TPSA) is 64.0 Å². The summed E-state index contributed by atoms with van der Waals surface area (Å²) in [7, 11) is 0. The van der Waals surface area contributed by atoms with Crippen LogP contribution in [0.5, 0.6) is 0 Å². The van der Waals surface area contributed by atoms with E-state index in [1.165, 1.54) is 27.8 Å². The Morgan fingerprint density at radius 3 is 2.84 bits per heavy atom. The van der Waals surface area contributed by atoms with Crippen LogP contribution in [0.3, 0.4) is 0 Å². The Labute approximate surface area is 157 Å². The van der Waals surface area contributed by atoms with Gasteiger partial charge in [0.05, 0.1) is 11.7 Å². The van der Waals surface area contributed by atoms with Gasteiger partial charge in [0.1, 0.15) is 4.83 Å². The van der Waals surface area contributed by atoms with Crippen LogP contribution in [0.15, 0.2) is 51.3 Å². The minimum atomic E-state index is -0.0954. The Morgan fingerprint density at radius 1 is 1.32 bits per heavy atom. The average Bonchev–Trinajstić information content (AvgIpc) is 3.06. The quantitative estimate of drug-likeness (QED) is 0.665. The van der Waals surface area contributed by atoms with Crippen LogP contribution < -0.4 is 10.9 Å². The lowest BCUT2D eigenvalue weighted by Gasteiger charge is -2.14. The van der Waals surface area contributed by atoms with E-state index in [1.807, 2.05) is 36.6 Å². The second-order valence-corrected chi connectivity index (χ2v) is 7.74. The molecule has 2 heterocycles. The minimum absolute atomic E-state index is 0.0304. The summed E-state index contributed by atoms with van der Waals surface area (Å²) in [5, 5.41) is 5.44. The lowest BCUT2D eigenvalue weighted by atomic mass is 10.1. The third-order valence-electron chi connectivity index (χ3n) is 3.89. The molecule has 0 bridgehead atoms. The summed E-state index contributed by atoms with van der Waals surface area (Å²) in [6.45, 7) is 2.31. The maximum Gasteiger partial charge on any atom is 0.262 e. The first-order valence-corrected chi connectivity index (χ1v) is 9.66. The number of rotatable bonds is 6. The Hall–Kier alpha value is -1.99. The second-order valence-electron chi connectivity index (χ2n) is 5.93. The lowest BCUT2D eigenvalue weighted by molar-refractivity contribution is -0.121. The van der Waals surface area contributed by atoms with Gasteiger partial charge in [0.2, 0.25) is 5.91 Å². The summed E-state index contributed by atoms with van der Waals surface area (Å²) in [6, 6.07) is 9.85. The summed E-state index contributed by atoms with van der Waals surface area (Å²) < 4.78 is 2.53. The van der Waals surface area contributed by atoms with Gasteiger partial charge in [-0.15, -0.1) is 11.3 Å². The van der Waals surface area contributed by atoms with Crippen molar-refractivity contribution in [1.82, 2.24) is 14.9 Å². The van der Waals surface area contributed by atoms with Gasteiger partial charge in [-0.2, -0.15) is 0 Å². The first kappa shape index (κ1) is 17.8. The molecule has 1 amide bonds. The fourth-order valence-corrected chi connectivity index (χ4v) is 3.63. The highest BCUT2D eigenvalue weighted by Crippen LogP contribution is 2.13. The van der Waals surface area contributed by atoms with Crippen molar-refractivity contribution in [1.29, 1.82) is 0 Å². The van der Waals surface area contributed by atoms with Crippen LogP contribution in [0.2, 0.25) is 0 Å². The molecule has 0 aliphatic rings. The molecule has 5 nitrogen and oxygen atoms in total. The van der Waals surface area contributed by atoms with Crippen molar-refractivity contribution in [3.63, 3.8) is 0 Å². The van der Waals surface area contributed by atoms with E-state index in [0.29, 0.717) is 11.9 Å². The number of halogens is 1. The van der Waals surface area contributed by atoms with Crippen molar-refractivity contribution in [2.24, 2.45) is 0 Å². The molecule has 0 aliphatic carbocycles. The normalized spacial score (nSPS) is 12.2. The molecule has 0 spiro atoms. The Kier molecular flexibility index (Phi) is 5.65. The van der Waals surface area contributed by atoms with E-state index in [4.69, 9.17) is 0 Å². The van der Waals surface area contributed by atoms with Gasteiger partial charge in [0, 0.05) is 23.5 Å². The number of aromatic nitrogens is 2. The van der Waals surface area contributed by atoms with E-state index in [9.17, 15) is 9.59 Å². The third-order valence-corrected chi connectivity index (χ3v) is 5.24. The van der Waals surface area contributed by atoms with E-state index < -0.39 is 0 Å². The van der Waals surface area contributed by atoms with Gasteiger partial charge >= 0.3 is 0 Å². The summed E-state index contributed by atoms with van der Waals surface area (Å²) in [5.41, 5.74) is 1.07. The van der Waals surface area contributed by atoms with Gasteiger partial charge in [-0.05, 0) is 42.5 Å². The zero-order valence-corrected chi connectivity index (χ0v) is 16.1. The van der Waals surface area contributed by atoms with Crippen molar-refractivity contribution in [3.05, 3.63) is 62.4 Å². The highest BCUT2D eigenvalue weighted by Gasteiger charge is 2.10. The molecule has 0 fully saturated rings. The molecular formula is C18H18BrN3O2S. The summed E-state index contributed by atoms with van der Waals surface area (Å²) >= 11 is 4.85. The van der Waals surface area contributed by atoms with Crippen LogP contribution in [0.1, 0.15) is 18.9 Å². The monoisotopic (exact) mass is 419 g/mol. The second kappa shape index (κ2) is 7.93. The Balaban J connectivity index is 1.54. The van der Waals surface area contributed by atoms with E-state index in [1.54, 1.807) is 6.07 Å². The molecule has 3 rings (SSSR count). The molecule has 0 aliphatic heterocycles. The summed E-state index contributed by atoms with van der Waals surface area (Å²) in [4.78, 5) is 29.4. The van der Waals surface area contributed by atoms with Crippen molar-refractivity contribution >= 4 is 43.4 Å². The van der Waals surface area contributed by atoms with E-state index in [0.717, 1.165) is 15.7 Å².